The summed E-state index contributed by atoms with van der Waals surface area (Å²) in [5.41, 5.74) is 7.36. The van der Waals surface area contributed by atoms with Gasteiger partial charge in [-0.25, -0.2) is 0 Å². The first-order valence-corrected chi connectivity index (χ1v) is 9.04. The van der Waals surface area contributed by atoms with E-state index in [0.29, 0.717) is 16.5 Å². The van der Waals surface area contributed by atoms with Gasteiger partial charge in [0, 0.05) is 23.6 Å². The van der Waals surface area contributed by atoms with Crippen LogP contribution >= 0.6 is 11.6 Å². The molecule has 0 spiro atoms. The zero-order chi connectivity index (χ0) is 20.5. The molecule has 0 unspecified atom stereocenters. The SMILES string of the molecule is Cc1ccc(NC(=O)CCC(=O)NNC(=O)COc2ccc(Cl)cc2)cc1C. The number of nitrogens with one attached hydrogen (secondary N) is 3. The lowest BCUT2D eigenvalue weighted by atomic mass is 10.1. The second-order valence-corrected chi connectivity index (χ2v) is 6.62. The van der Waals surface area contributed by atoms with E-state index in [1.165, 1.54) is 0 Å². The van der Waals surface area contributed by atoms with Crippen LogP contribution in [0.4, 0.5) is 5.69 Å². The highest BCUT2D eigenvalue weighted by molar-refractivity contribution is 6.30. The van der Waals surface area contributed by atoms with Gasteiger partial charge in [0.2, 0.25) is 11.8 Å². The van der Waals surface area contributed by atoms with Crippen molar-refractivity contribution in [2.75, 3.05) is 11.9 Å². The maximum atomic E-state index is 11.9. The maximum absolute atomic E-state index is 11.9. The molecule has 0 aromatic heterocycles. The lowest BCUT2D eigenvalue weighted by molar-refractivity contribution is -0.130. The number of anilines is 1. The molecule has 28 heavy (non-hydrogen) atoms. The lowest BCUT2D eigenvalue weighted by Crippen LogP contribution is -2.44. The Kier molecular flexibility index (Phi) is 7.83. The highest BCUT2D eigenvalue weighted by Gasteiger charge is 2.09. The van der Waals surface area contributed by atoms with Gasteiger partial charge >= 0.3 is 0 Å². The summed E-state index contributed by atoms with van der Waals surface area (Å²) in [6.45, 7) is 3.67. The molecule has 0 aliphatic heterocycles. The van der Waals surface area contributed by atoms with E-state index in [-0.39, 0.29) is 25.4 Å². The molecule has 3 N–H and O–H groups in total. The molecule has 0 saturated carbocycles. The Labute approximate surface area is 168 Å². The van der Waals surface area contributed by atoms with Crippen LogP contribution in [0.5, 0.6) is 5.75 Å². The summed E-state index contributed by atoms with van der Waals surface area (Å²) in [6.07, 6.45) is -0.0646. The Hall–Kier alpha value is -3.06. The Bertz CT molecular complexity index is 853. The minimum absolute atomic E-state index is 0.00406. The summed E-state index contributed by atoms with van der Waals surface area (Å²) in [5.74, 6) is -0.803. The third-order valence-corrected chi connectivity index (χ3v) is 4.15. The normalized spacial score (nSPS) is 10.1. The lowest BCUT2D eigenvalue weighted by Gasteiger charge is -2.09. The van der Waals surface area contributed by atoms with Gasteiger partial charge in [0.25, 0.3) is 5.91 Å². The second-order valence-electron chi connectivity index (χ2n) is 6.19. The van der Waals surface area contributed by atoms with Crippen LogP contribution in [-0.4, -0.2) is 24.3 Å². The molecular weight excluding hydrogens is 382 g/mol. The molecule has 0 bridgehead atoms. The summed E-state index contributed by atoms with van der Waals surface area (Å²) in [6, 6.07) is 12.1. The summed E-state index contributed by atoms with van der Waals surface area (Å²) < 4.78 is 5.25. The molecular formula is C20H22ClN3O4. The number of aryl methyl sites for hydroxylation is 2. The molecule has 7 nitrogen and oxygen atoms in total. The summed E-state index contributed by atoms with van der Waals surface area (Å²) in [7, 11) is 0. The van der Waals surface area contributed by atoms with Crippen molar-refractivity contribution in [3.8, 4) is 5.75 Å². The monoisotopic (exact) mass is 403 g/mol. The largest absolute Gasteiger partial charge is 0.484 e. The number of carbonyl (C=O) groups is 3. The molecule has 8 heteroatoms. The Morgan fingerprint density at radius 3 is 2.18 bits per heavy atom. The minimum Gasteiger partial charge on any atom is -0.484 e. The summed E-state index contributed by atoms with van der Waals surface area (Å²) in [4.78, 5) is 35.4. The van der Waals surface area contributed by atoms with Crippen LogP contribution in [0.25, 0.3) is 0 Å². The van der Waals surface area contributed by atoms with E-state index in [1.807, 2.05) is 26.0 Å². The molecule has 0 atom stereocenters. The van der Waals surface area contributed by atoms with Gasteiger partial charge in [-0.05, 0) is 61.4 Å². The number of hydrogen-bond donors (Lipinski definition) is 3. The number of carbonyl (C=O) groups excluding carboxylic acids is 3. The van der Waals surface area contributed by atoms with Crippen molar-refractivity contribution in [1.29, 1.82) is 0 Å². The molecule has 2 rings (SSSR count). The number of rotatable bonds is 7. The first kappa shape index (κ1) is 21.2. The number of amides is 3. The zero-order valence-corrected chi connectivity index (χ0v) is 16.4. The van der Waals surface area contributed by atoms with E-state index >= 15 is 0 Å². The van der Waals surface area contributed by atoms with Gasteiger partial charge in [0.05, 0.1) is 0 Å². The van der Waals surface area contributed by atoms with Gasteiger partial charge in [-0.1, -0.05) is 17.7 Å². The molecule has 2 aromatic carbocycles. The molecule has 0 aliphatic rings. The fourth-order valence-corrected chi connectivity index (χ4v) is 2.31. The molecule has 0 fully saturated rings. The minimum atomic E-state index is -0.525. The van der Waals surface area contributed by atoms with Gasteiger partial charge in [-0.2, -0.15) is 0 Å². The van der Waals surface area contributed by atoms with Crippen molar-refractivity contribution < 1.29 is 19.1 Å². The predicted molar refractivity (Wildman–Crippen MR) is 107 cm³/mol. The number of hydrogen-bond acceptors (Lipinski definition) is 4. The molecule has 3 amide bonds. The molecule has 0 radical (unpaired) electrons. The highest BCUT2D eigenvalue weighted by Crippen LogP contribution is 2.15. The third kappa shape index (κ3) is 7.28. The maximum Gasteiger partial charge on any atom is 0.276 e. The van der Waals surface area contributed by atoms with E-state index < -0.39 is 11.8 Å². The van der Waals surface area contributed by atoms with E-state index in [0.717, 1.165) is 11.1 Å². The number of ether oxygens (including phenoxy) is 1. The van der Waals surface area contributed by atoms with Crippen LogP contribution in [0.15, 0.2) is 42.5 Å². The smallest absolute Gasteiger partial charge is 0.276 e. The topological polar surface area (TPSA) is 96.5 Å². The van der Waals surface area contributed by atoms with Crippen LogP contribution < -0.4 is 20.9 Å². The quantitative estimate of drug-likeness (QED) is 0.619. The standard InChI is InChI=1S/C20H22ClN3O4/c1-13-3-6-16(11-14(13)2)22-18(25)9-10-19(26)23-24-20(27)12-28-17-7-4-15(21)5-8-17/h3-8,11H,9-10,12H2,1-2H3,(H,22,25)(H,23,26)(H,24,27). The number of halogens is 1. The van der Waals surface area contributed by atoms with Crippen molar-refractivity contribution in [2.45, 2.75) is 26.7 Å². The number of benzene rings is 2. The van der Waals surface area contributed by atoms with Crippen LogP contribution in [0.1, 0.15) is 24.0 Å². The van der Waals surface area contributed by atoms with E-state index in [1.54, 1.807) is 30.3 Å². The van der Waals surface area contributed by atoms with Crippen LogP contribution in [0.2, 0.25) is 5.02 Å². The fraction of sp³-hybridized carbons (Fsp3) is 0.250. The van der Waals surface area contributed by atoms with Crippen molar-refractivity contribution >= 4 is 35.0 Å². The highest BCUT2D eigenvalue weighted by atomic mass is 35.5. The van der Waals surface area contributed by atoms with Gasteiger partial charge in [-0.15, -0.1) is 0 Å². The molecule has 148 valence electrons. The van der Waals surface area contributed by atoms with E-state index in [9.17, 15) is 14.4 Å². The van der Waals surface area contributed by atoms with Crippen molar-refractivity contribution in [1.82, 2.24) is 10.9 Å². The van der Waals surface area contributed by atoms with Gasteiger partial charge < -0.3 is 10.1 Å². The second kappa shape index (κ2) is 10.3. The first-order chi connectivity index (χ1) is 13.3. The first-order valence-electron chi connectivity index (χ1n) is 8.66. The zero-order valence-electron chi connectivity index (χ0n) is 15.7. The molecule has 0 heterocycles. The van der Waals surface area contributed by atoms with Gasteiger partial charge in [0.15, 0.2) is 6.61 Å². The average Bonchev–Trinajstić information content (AvgIpc) is 2.67. The van der Waals surface area contributed by atoms with Crippen LogP contribution in [-0.2, 0) is 14.4 Å². The summed E-state index contributed by atoms with van der Waals surface area (Å²) >= 11 is 5.76. The van der Waals surface area contributed by atoms with Crippen molar-refractivity contribution in [3.63, 3.8) is 0 Å². The Balaban J connectivity index is 1.64. The van der Waals surface area contributed by atoms with Crippen molar-refractivity contribution in [3.05, 3.63) is 58.6 Å². The van der Waals surface area contributed by atoms with E-state index in [2.05, 4.69) is 16.2 Å². The average molecular weight is 404 g/mol. The van der Waals surface area contributed by atoms with Crippen molar-refractivity contribution in [2.24, 2.45) is 0 Å². The van der Waals surface area contributed by atoms with Gasteiger partial charge in [0.1, 0.15) is 5.75 Å². The van der Waals surface area contributed by atoms with Crippen LogP contribution in [0, 0.1) is 13.8 Å². The molecule has 2 aromatic rings. The summed E-state index contributed by atoms with van der Waals surface area (Å²) in [5, 5.41) is 3.30. The third-order valence-electron chi connectivity index (χ3n) is 3.89. The van der Waals surface area contributed by atoms with Crippen LogP contribution in [0.3, 0.4) is 0 Å². The predicted octanol–water partition coefficient (Wildman–Crippen LogP) is 2.90. The van der Waals surface area contributed by atoms with Gasteiger partial charge in [-0.3, -0.25) is 25.2 Å². The van der Waals surface area contributed by atoms with E-state index in [4.69, 9.17) is 16.3 Å². The Morgan fingerprint density at radius 2 is 1.50 bits per heavy atom. The molecule has 0 saturated heterocycles. The molecule has 0 aliphatic carbocycles. The fourth-order valence-electron chi connectivity index (χ4n) is 2.19. The Morgan fingerprint density at radius 1 is 0.857 bits per heavy atom. The number of hydrazine groups is 1.